The summed E-state index contributed by atoms with van der Waals surface area (Å²) in [4.78, 5) is 0. The van der Waals surface area contributed by atoms with Crippen LogP contribution in [0, 0.1) is 0 Å². The summed E-state index contributed by atoms with van der Waals surface area (Å²) in [5, 5.41) is 2.98. The monoisotopic (exact) mass is 286 g/mol. The van der Waals surface area contributed by atoms with Crippen molar-refractivity contribution in [3.8, 4) is 0 Å². The largest absolute Gasteiger partial charge is 0.313 e. The molecule has 0 aliphatic carbocycles. The molecule has 0 aromatic heterocycles. The molecule has 17 heavy (non-hydrogen) atoms. The van der Waals surface area contributed by atoms with Crippen LogP contribution < -0.4 is 10.0 Å². The maximum Gasteiger partial charge on any atom is 0.212 e. The van der Waals surface area contributed by atoms with Gasteiger partial charge in [-0.3, -0.25) is 0 Å². The Morgan fingerprint density at radius 3 is 2.06 bits per heavy atom. The zero-order valence-corrected chi connectivity index (χ0v) is 12.2. The smallest absolute Gasteiger partial charge is 0.212 e. The van der Waals surface area contributed by atoms with Gasteiger partial charge in [-0.15, -0.1) is 0 Å². The van der Waals surface area contributed by atoms with Gasteiger partial charge < -0.3 is 5.32 Å². The van der Waals surface area contributed by atoms with E-state index in [-0.39, 0.29) is 29.8 Å². The Kier molecular flexibility index (Phi) is 7.22. The highest BCUT2D eigenvalue weighted by molar-refractivity contribution is 7.91. The van der Waals surface area contributed by atoms with E-state index < -0.39 is 19.9 Å². The Morgan fingerprint density at radius 1 is 1.00 bits per heavy atom. The van der Waals surface area contributed by atoms with E-state index in [9.17, 15) is 16.8 Å². The predicted octanol–water partition coefficient (Wildman–Crippen LogP) is -0.661. The average Bonchev–Trinajstić information content (AvgIpc) is 2.16. The van der Waals surface area contributed by atoms with Gasteiger partial charge in [-0.1, -0.05) is 20.8 Å². The number of hydrogen-bond acceptors (Lipinski definition) is 5. The van der Waals surface area contributed by atoms with E-state index in [4.69, 9.17) is 0 Å². The van der Waals surface area contributed by atoms with Crippen LogP contribution in [0.5, 0.6) is 0 Å². The van der Waals surface area contributed by atoms with Crippen molar-refractivity contribution in [1.82, 2.24) is 10.0 Å². The first-order valence-electron chi connectivity index (χ1n) is 5.59. The summed E-state index contributed by atoms with van der Waals surface area (Å²) in [5.41, 5.74) is 0. The van der Waals surface area contributed by atoms with E-state index in [1.54, 1.807) is 0 Å². The molecule has 0 fully saturated rings. The van der Waals surface area contributed by atoms with Crippen molar-refractivity contribution >= 4 is 19.9 Å². The minimum Gasteiger partial charge on any atom is -0.313 e. The second-order valence-electron chi connectivity index (χ2n) is 4.06. The Bertz CT molecular complexity index is 401. The summed E-state index contributed by atoms with van der Waals surface area (Å²) < 4.78 is 47.4. The molecule has 0 aromatic carbocycles. The Morgan fingerprint density at radius 2 is 1.59 bits per heavy atom. The van der Waals surface area contributed by atoms with Gasteiger partial charge in [-0.25, -0.2) is 21.6 Å². The van der Waals surface area contributed by atoms with E-state index in [1.165, 1.54) is 6.92 Å². The first-order valence-corrected chi connectivity index (χ1v) is 9.07. The van der Waals surface area contributed by atoms with Crippen LogP contribution in [-0.4, -0.2) is 53.2 Å². The lowest BCUT2D eigenvalue weighted by molar-refractivity contribution is 0.568. The molecular formula is C9H22N2O4S2. The molecule has 8 heteroatoms. The summed E-state index contributed by atoms with van der Waals surface area (Å²) in [5.74, 6) is -0.165. The van der Waals surface area contributed by atoms with Gasteiger partial charge in [0, 0.05) is 24.9 Å². The minimum absolute atomic E-state index is 0.0314. The lowest BCUT2D eigenvalue weighted by Gasteiger charge is -2.09. The van der Waals surface area contributed by atoms with Crippen LogP contribution in [0.25, 0.3) is 0 Å². The van der Waals surface area contributed by atoms with Crippen molar-refractivity contribution < 1.29 is 16.8 Å². The van der Waals surface area contributed by atoms with Crippen LogP contribution in [0.1, 0.15) is 20.8 Å². The maximum absolute atomic E-state index is 11.4. The SMILES string of the molecule is CCS(=O)(=O)CCNS(=O)(=O)CCNC(C)C. The van der Waals surface area contributed by atoms with Gasteiger partial charge in [0.1, 0.15) is 0 Å². The van der Waals surface area contributed by atoms with Crippen LogP contribution in [0.3, 0.4) is 0 Å². The van der Waals surface area contributed by atoms with Crippen LogP contribution in [-0.2, 0) is 19.9 Å². The van der Waals surface area contributed by atoms with Crippen molar-refractivity contribution in [3.63, 3.8) is 0 Å². The second kappa shape index (κ2) is 7.30. The molecule has 0 rings (SSSR count). The topological polar surface area (TPSA) is 92.3 Å². The molecule has 0 radical (unpaired) electrons. The fourth-order valence-electron chi connectivity index (χ4n) is 1.05. The fourth-order valence-corrected chi connectivity index (χ4v) is 2.83. The second-order valence-corrected chi connectivity index (χ2v) is 8.46. The molecule has 2 N–H and O–H groups in total. The molecule has 0 bridgehead atoms. The molecule has 0 atom stereocenters. The van der Waals surface area contributed by atoms with Gasteiger partial charge in [0.05, 0.1) is 11.5 Å². The molecule has 104 valence electrons. The third kappa shape index (κ3) is 9.51. The molecule has 0 unspecified atom stereocenters. The number of nitrogens with one attached hydrogen (secondary N) is 2. The Labute approximate surface area is 104 Å². The summed E-state index contributed by atoms with van der Waals surface area (Å²) in [7, 11) is -6.50. The molecule has 0 aliphatic heterocycles. The Balaban J connectivity index is 3.95. The lowest BCUT2D eigenvalue weighted by Crippen LogP contribution is -2.36. The molecular weight excluding hydrogens is 264 g/mol. The zero-order chi connectivity index (χ0) is 13.5. The van der Waals surface area contributed by atoms with Crippen molar-refractivity contribution in [2.24, 2.45) is 0 Å². The standard InChI is InChI=1S/C9H22N2O4S2/c1-4-16(12,13)7-6-11-17(14,15)8-5-10-9(2)3/h9-11H,4-8H2,1-3H3. The van der Waals surface area contributed by atoms with Crippen LogP contribution >= 0.6 is 0 Å². The van der Waals surface area contributed by atoms with E-state index in [2.05, 4.69) is 10.0 Å². The van der Waals surface area contributed by atoms with Gasteiger partial charge in [0.15, 0.2) is 9.84 Å². The van der Waals surface area contributed by atoms with Gasteiger partial charge in [-0.05, 0) is 0 Å². The van der Waals surface area contributed by atoms with Gasteiger partial charge in [-0.2, -0.15) is 0 Å². The van der Waals surface area contributed by atoms with E-state index >= 15 is 0 Å². The number of sulfonamides is 1. The first-order chi connectivity index (χ1) is 7.68. The predicted molar refractivity (Wildman–Crippen MR) is 69.3 cm³/mol. The highest BCUT2D eigenvalue weighted by atomic mass is 32.2. The van der Waals surface area contributed by atoms with E-state index in [0.29, 0.717) is 6.54 Å². The molecule has 6 nitrogen and oxygen atoms in total. The maximum atomic E-state index is 11.4. The molecule has 0 amide bonds. The summed E-state index contributed by atoms with van der Waals surface area (Å²) >= 11 is 0. The third-order valence-corrected chi connectivity index (χ3v) is 5.19. The van der Waals surface area contributed by atoms with Crippen molar-refractivity contribution in [2.75, 3.05) is 30.3 Å². The molecule has 0 aliphatic rings. The first kappa shape index (κ1) is 16.8. The zero-order valence-electron chi connectivity index (χ0n) is 10.6. The van der Waals surface area contributed by atoms with Crippen LogP contribution in [0.15, 0.2) is 0 Å². The summed E-state index contributed by atoms with van der Waals surface area (Å²) in [6, 6.07) is 0.227. The van der Waals surface area contributed by atoms with Crippen molar-refractivity contribution in [2.45, 2.75) is 26.8 Å². The normalized spacial score (nSPS) is 13.2. The van der Waals surface area contributed by atoms with E-state index in [0.717, 1.165) is 0 Å². The Hall–Kier alpha value is -0.180. The molecule has 0 heterocycles. The molecule has 0 aromatic rings. The van der Waals surface area contributed by atoms with Gasteiger partial charge in [0.2, 0.25) is 10.0 Å². The van der Waals surface area contributed by atoms with Crippen LogP contribution in [0.2, 0.25) is 0 Å². The highest BCUT2D eigenvalue weighted by Crippen LogP contribution is 1.89. The lowest BCUT2D eigenvalue weighted by atomic mass is 10.4. The third-order valence-electron chi connectivity index (χ3n) is 2.10. The van der Waals surface area contributed by atoms with Crippen LogP contribution in [0.4, 0.5) is 0 Å². The summed E-state index contributed by atoms with van der Waals surface area (Å²) in [6.07, 6.45) is 0. The number of rotatable bonds is 9. The minimum atomic E-state index is -3.38. The van der Waals surface area contributed by atoms with Gasteiger partial charge in [0.25, 0.3) is 0 Å². The highest BCUT2D eigenvalue weighted by Gasteiger charge is 2.12. The fraction of sp³-hybridized carbons (Fsp3) is 1.00. The summed E-state index contributed by atoms with van der Waals surface area (Å²) in [6.45, 7) is 5.69. The molecule has 0 saturated carbocycles. The quantitative estimate of drug-likeness (QED) is 0.587. The average molecular weight is 286 g/mol. The number of hydrogen-bond donors (Lipinski definition) is 2. The molecule has 0 spiro atoms. The van der Waals surface area contributed by atoms with Gasteiger partial charge >= 0.3 is 0 Å². The molecule has 0 saturated heterocycles. The van der Waals surface area contributed by atoms with Crippen molar-refractivity contribution in [3.05, 3.63) is 0 Å². The van der Waals surface area contributed by atoms with E-state index in [1.807, 2.05) is 13.8 Å². The number of sulfone groups is 1. The van der Waals surface area contributed by atoms with Crippen molar-refractivity contribution in [1.29, 1.82) is 0 Å².